The second-order valence-electron chi connectivity index (χ2n) is 24.2. The molecule has 20 heteroatoms. The quantitative estimate of drug-likeness (QED) is 0.0589. The minimum absolute atomic E-state index is 0.0714. The first-order valence-electron chi connectivity index (χ1n) is 31.1. The van der Waals surface area contributed by atoms with Crippen molar-refractivity contribution in [3.05, 3.63) is 119 Å². The number of hydrogen-bond donors (Lipinski definition) is 8. The van der Waals surface area contributed by atoms with Crippen molar-refractivity contribution in [2.24, 2.45) is 11.8 Å². The zero-order valence-electron chi connectivity index (χ0n) is 49.9. The summed E-state index contributed by atoms with van der Waals surface area (Å²) in [5, 5.41) is 24.6. The number of amides is 8. The topological polar surface area (TPSA) is 258 Å². The predicted octanol–water partition coefficient (Wildman–Crippen LogP) is 5.38. The number of para-hydroxylation sites is 2. The molecule has 8 amide bonds. The summed E-state index contributed by atoms with van der Waals surface area (Å²) >= 11 is 0. The Morgan fingerprint density at radius 3 is 1.21 bits per heavy atom. The lowest BCUT2D eigenvalue weighted by Gasteiger charge is -2.35. The molecule has 86 heavy (non-hydrogen) atoms. The van der Waals surface area contributed by atoms with Gasteiger partial charge in [-0.25, -0.2) is 0 Å². The maximum absolute atomic E-state index is 14.9. The summed E-state index contributed by atoms with van der Waals surface area (Å²) in [6.45, 7) is 4.45. The molecule has 6 aliphatic rings. The third-order valence-electron chi connectivity index (χ3n) is 18.6. The van der Waals surface area contributed by atoms with Crippen molar-refractivity contribution >= 4 is 47.3 Å². The minimum Gasteiger partial charge on any atom is -0.493 e. The zero-order chi connectivity index (χ0) is 60.4. The van der Waals surface area contributed by atoms with E-state index >= 15 is 0 Å². The monoisotopic (exact) mass is 1180 g/mol. The van der Waals surface area contributed by atoms with Gasteiger partial charge in [0.15, 0.2) is 0 Å². The van der Waals surface area contributed by atoms with Gasteiger partial charge in [-0.15, -0.1) is 0 Å². The van der Waals surface area contributed by atoms with Crippen LogP contribution in [-0.2, 0) is 28.8 Å². The van der Waals surface area contributed by atoms with Gasteiger partial charge in [-0.3, -0.25) is 38.4 Å². The van der Waals surface area contributed by atoms with E-state index in [1.54, 1.807) is 62.0 Å². The highest BCUT2D eigenvalue weighted by atomic mass is 16.5. The van der Waals surface area contributed by atoms with Gasteiger partial charge >= 0.3 is 0 Å². The lowest BCUT2D eigenvalue weighted by atomic mass is 9.83. The second kappa shape index (κ2) is 28.1. The van der Waals surface area contributed by atoms with Gasteiger partial charge in [-0.1, -0.05) is 99.2 Å². The van der Waals surface area contributed by atoms with Gasteiger partial charge in [0.1, 0.15) is 35.7 Å². The molecule has 4 aromatic carbocycles. The van der Waals surface area contributed by atoms with Crippen molar-refractivity contribution in [3.8, 4) is 22.6 Å². The third-order valence-corrected chi connectivity index (χ3v) is 18.6. The molecular weight excluding hydrogens is 1090 g/mol. The number of likely N-dealkylation sites (N-methyl/N-ethyl adjacent to an activating group) is 2. The van der Waals surface area contributed by atoms with E-state index in [1.807, 2.05) is 72.8 Å². The summed E-state index contributed by atoms with van der Waals surface area (Å²) in [6, 6.07) is 22.8. The van der Waals surface area contributed by atoms with Crippen molar-refractivity contribution in [2.45, 2.75) is 164 Å². The van der Waals surface area contributed by atoms with Crippen LogP contribution < -0.4 is 52.0 Å². The smallest absolute Gasteiger partial charge is 0.251 e. The Morgan fingerprint density at radius 1 is 0.465 bits per heavy atom. The Labute approximate surface area is 503 Å². The molecular formula is C66H84N10O10. The normalized spacial score (nSPS) is 23.5. The van der Waals surface area contributed by atoms with Gasteiger partial charge in [0.2, 0.25) is 35.4 Å². The van der Waals surface area contributed by atoms with Crippen molar-refractivity contribution in [3.63, 3.8) is 0 Å². The third kappa shape index (κ3) is 14.2. The van der Waals surface area contributed by atoms with E-state index in [4.69, 9.17) is 9.47 Å². The molecule has 4 heterocycles. The summed E-state index contributed by atoms with van der Waals surface area (Å²) < 4.78 is 11.7. The lowest BCUT2D eigenvalue weighted by molar-refractivity contribution is -0.143. The number of rotatable bonds is 19. The lowest BCUT2D eigenvalue weighted by Crippen LogP contribution is -2.58. The van der Waals surface area contributed by atoms with Crippen molar-refractivity contribution < 1.29 is 47.8 Å². The number of nitrogens with one attached hydrogen (secondary N) is 8. The van der Waals surface area contributed by atoms with Crippen LogP contribution in [0.2, 0.25) is 0 Å². The van der Waals surface area contributed by atoms with E-state index in [9.17, 15) is 38.4 Å². The Hall–Kier alpha value is -7.84. The van der Waals surface area contributed by atoms with Gasteiger partial charge < -0.3 is 61.8 Å². The Kier molecular flexibility index (Phi) is 20.0. The van der Waals surface area contributed by atoms with Crippen LogP contribution in [0.4, 0.5) is 0 Å². The molecule has 0 aromatic heterocycles. The van der Waals surface area contributed by atoms with Crippen LogP contribution >= 0.6 is 0 Å². The van der Waals surface area contributed by atoms with Crippen LogP contribution in [-0.4, -0.2) is 146 Å². The van der Waals surface area contributed by atoms with E-state index in [0.717, 1.165) is 86.5 Å². The van der Waals surface area contributed by atoms with Crippen LogP contribution in [0.25, 0.3) is 11.1 Å². The van der Waals surface area contributed by atoms with Crippen LogP contribution in [0.15, 0.2) is 97.1 Å². The van der Waals surface area contributed by atoms with Gasteiger partial charge in [0, 0.05) is 60.3 Å². The molecule has 4 fully saturated rings. The SMILES string of the molecule is CN[C@@H](C)C(=O)N[C@H](C(=O)N1C[C@@H](NC(=O)c2ccc(-c3ccc(C(=O)N[C@H]4C[C@@H](C(=O)N[C@@H]5CCOc6ccccc65)N(C(=O)[C@@H](NC(=O)[C@H](C)NC)C5CCCCC5)C4)cc3)cc2)C[C@H]1C(=O)N[C@@H]1CCOc2ccccc21)C1CCCCC1. The van der Waals surface area contributed by atoms with Crippen molar-refractivity contribution in [1.29, 1.82) is 0 Å². The first kappa shape index (κ1) is 61.3. The number of nitrogens with zero attached hydrogens (tertiary/aromatic N) is 2. The summed E-state index contributed by atoms with van der Waals surface area (Å²) in [5.74, 6) is -1.53. The highest BCUT2D eigenvalue weighted by Crippen LogP contribution is 2.36. The molecule has 10 atom stereocenters. The fourth-order valence-electron chi connectivity index (χ4n) is 13.4. The Morgan fingerprint density at radius 2 is 0.837 bits per heavy atom. The van der Waals surface area contributed by atoms with Crippen LogP contribution in [0.1, 0.15) is 148 Å². The largest absolute Gasteiger partial charge is 0.493 e. The molecule has 2 saturated heterocycles. The summed E-state index contributed by atoms with van der Waals surface area (Å²) in [5.41, 5.74) is 4.02. The average Bonchev–Trinajstić information content (AvgIpc) is 3.16. The molecule has 20 nitrogen and oxygen atoms in total. The number of carbonyl (C=O) groups is 8. The van der Waals surface area contributed by atoms with Crippen molar-refractivity contribution in [2.75, 3.05) is 40.4 Å². The molecule has 0 spiro atoms. The van der Waals surface area contributed by atoms with Crippen LogP contribution in [0, 0.1) is 11.8 Å². The average molecular weight is 1180 g/mol. The van der Waals surface area contributed by atoms with Gasteiger partial charge in [-0.05, 0) is 126 Å². The van der Waals surface area contributed by atoms with E-state index in [0.29, 0.717) is 48.7 Å². The molecule has 4 aromatic rings. The number of hydrogen-bond acceptors (Lipinski definition) is 12. The van der Waals surface area contributed by atoms with E-state index in [2.05, 4.69) is 42.5 Å². The molecule has 4 aliphatic heterocycles. The first-order valence-corrected chi connectivity index (χ1v) is 31.1. The Bertz CT molecular complexity index is 2890. The molecule has 0 bridgehead atoms. The van der Waals surface area contributed by atoms with E-state index < -0.39 is 48.3 Å². The second-order valence-corrected chi connectivity index (χ2v) is 24.2. The molecule has 2 saturated carbocycles. The maximum Gasteiger partial charge on any atom is 0.251 e. The highest BCUT2D eigenvalue weighted by molar-refractivity contribution is 5.98. The predicted molar refractivity (Wildman–Crippen MR) is 324 cm³/mol. The fraction of sp³-hybridized carbons (Fsp3) is 0.515. The highest BCUT2D eigenvalue weighted by Gasteiger charge is 2.47. The maximum atomic E-state index is 14.9. The number of likely N-dealkylation sites (tertiary alicyclic amines) is 2. The molecule has 0 radical (unpaired) electrons. The molecule has 8 N–H and O–H groups in total. The first-order chi connectivity index (χ1) is 41.7. The summed E-state index contributed by atoms with van der Waals surface area (Å²) in [7, 11) is 3.38. The number of ether oxygens (including phenoxy) is 2. The molecule has 458 valence electrons. The van der Waals surface area contributed by atoms with Gasteiger partial charge in [-0.2, -0.15) is 0 Å². The minimum atomic E-state index is -0.918. The number of benzene rings is 4. The molecule has 10 rings (SSSR count). The van der Waals surface area contributed by atoms with E-state index in [-0.39, 0.29) is 97.1 Å². The van der Waals surface area contributed by atoms with Crippen molar-refractivity contribution in [1.82, 2.24) is 52.3 Å². The van der Waals surface area contributed by atoms with E-state index in [1.165, 1.54) is 0 Å². The zero-order valence-corrected chi connectivity index (χ0v) is 49.9. The Balaban J connectivity index is 0.808. The standard InChI is InChI=1S/C66H84N10O10/c1-39(67-3)59(77)73-57(43-15-7-5-8-16-43)65(83)75-37-47(35-53(75)63(81)71-51-31-33-85-55-21-13-11-19-49(51)55)69-61(79)45-27-23-41(24-28-45)42-25-29-46(30-26-42)62(80)70-48-36-54(64(82)72-52-32-34-86-56-22-14-12-20-50(52)56)76(38-48)66(84)58(44-17-9-6-10-18-44)74-60(78)40(2)68-4/h11-14,19-30,39-40,43-44,47-48,51-54,57-58,67-68H,5-10,15-18,31-38H2,1-4H3,(H,69,79)(H,70,80)(H,71,81)(H,72,82)(H,73,77)(H,74,78)/t39-,40-,47-,48-,51+,52+,53-,54-,57-,58-/m0/s1. The number of fused-ring (bicyclic) bond motifs is 2. The van der Waals surface area contributed by atoms with Gasteiger partial charge in [0.05, 0.1) is 37.4 Å². The fourth-order valence-corrected chi connectivity index (χ4v) is 13.4. The summed E-state index contributed by atoms with van der Waals surface area (Å²) in [6.07, 6.45) is 10.4. The number of carbonyl (C=O) groups excluding carboxylic acids is 8. The van der Waals surface area contributed by atoms with Crippen LogP contribution in [0.5, 0.6) is 11.5 Å². The molecule has 2 aliphatic carbocycles. The van der Waals surface area contributed by atoms with Gasteiger partial charge in [0.25, 0.3) is 11.8 Å². The van der Waals surface area contributed by atoms with Crippen LogP contribution in [0.3, 0.4) is 0 Å². The summed E-state index contributed by atoms with van der Waals surface area (Å²) in [4.78, 5) is 117. The molecule has 0 unspecified atom stereocenters.